The van der Waals surface area contributed by atoms with Crippen LogP contribution in [0.25, 0.3) is 0 Å². The number of hydrogen-bond acceptors (Lipinski definition) is 2. The van der Waals surface area contributed by atoms with E-state index < -0.39 is 5.97 Å². The van der Waals surface area contributed by atoms with Gasteiger partial charge in [0.25, 0.3) is 0 Å². The quantitative estimate of drug-likeness (QED) is 0.592. The summed E-state index contributed by atoms with van der Waals surface area (Å²) in [5, 5.41) is 0. The van der Waals surface area contributed by atoms with E-state index in [0.717, 1.165) is 0 Å². The number of hydrogen-bond donors (Lipinski definition) is 0. The van der Waals surface area contributed by atoms with Crippen LogP contribution in [0.3, 0.4) is 0 Å². The first-order valence-electron chi connectivity index (χ1n) is 5.27. The van der Waals surface area contributed by atoms with Crippen LogP contribution in [0.2, 0.25) is 0 Å². The fourth-order valence-corrected chi connectivity index (χ4v) is 0.967. The highest BCUT2D eigenvalue weighted by Gasteiger charge is 1.89. The summed E-state index contributed by atoms with van der Waals surface area (Å²) in [4.78, 5) is 11.1. The van der Waals surface area contributed by atoms with E-state index in [2.05, 4.69) is 0 Å². The van der Waals surface area contributed by atoms with Crippen molar-refractivity contribution >= 4 is 5.97 Å². The van der Waals surface area contributed by atoms with Crippen molar-refractivity contribution in [2.45, 2.75) is 0 Å². The summed E-state index contributed by atoms with van der Waals surface area (Å²) in [6, 6.07) is 0. The Labute approximate surface area is 101 Å². The summed E-state index contributed by atoms with van der Waals surface area (Å²) < 4.78 is 4.80. The molecule has 0 N–H and O–H groups in total. The van der Waals surface area contributed by atoms with Crippen LogP contribution in [0.15, 0.2) is 85.3 Å². The van der Waals surface area contributed by atoms with E-state index in [1.54, 1.807) is 24.3 Å². The predicted molar refractivity (Wildman–Crippen MR) is 70.1 cm³/mol. The molecular formula is C15H14O2. The third-order valence-corrected chi connectivity index (χ3v) is 1.72. The fraction of sp³-hybridized carbons (Fsp3) is 0. The Morgan fingerprint density at radius 1 is 0.588 bits per heavy atom. The molecule has 0 amide bonds. The molecule has 0 radical (unpaired) electrons. The van der Waals surface area contributed by atoms with Gasteiger partial charge in [0.05, 0.1) is 6.26 Å². The van der Waals surface area contributed by atoms with Crippen LogP contribution < -0.4 is 0 Å². The first-order chi connectivity index (χ1) is 8.39. The van der Waals surface area contributed by atoms with Gasteiger partial charge in [-0.25, -0.2) is 4.79 Å². The first kappa shape index (κ1) is 12.7. The van der Waals surface area contributed by atoms with Gasteiger partial charge in [-0.2, -0.15) is 0 Å². The zero-order valence-corrected chi connectivity index (χ0v) is 9.40. The number of rotatable bonds is 0. The van der Waals surface area contributed by atoms with Crippen LogP contribution in [0.4, 0.5) is 0 Å². The maximum atomic E-state index is 11.1. The summed E-state index contributed by atoms with van der Waals surface area (Å²) in [5.74, 6) is -0.397. The normalized spacial score (nSPS) is 29.5. The highest BCUT2D eigenvalue weighted by atomic mass is 16.5. The maximum absolute atomic E-state index is 11.1. The van der Waals surface area contributed by atoms with Crippen molar-refractivity contribution in [3.8, 4) is 0 Å². The van der Waals surface area contributed by atoms with E-state index in [4.69, 9.17) is 4.74 Å². The molecule has 0 aliphatic carbocycles. The Morgan fingerprint density at radius 3 is 1.53 bits per heavy atom. The minimum absolute atomic E-state index is 0.397. The predicted octanol–water partition coefficient (Wildman–Crippen LogP) is 3.39. The van der Waals surface area contributed by atoms with E-state index in [0.29, 0.717) is 0 Å². The molecule has 0 spiro atoms. The summed E-state index contributed by atoms with van der Waals surface area (Å²) in [6.45, 7) is 0. The third kappa shape index (κ3) is 7.56. The van der Waals surface area contributed by atoms with Crippen LogP contribution in [0.1, 0.15) is 0 Å². The molecule has 2 heteroatoms. The van der Waals surface area contributed by atoms with E-state index in [1.165, 1.54) is 12.3 Å². The molecule has 0 atom stereocenters. The maximum Gasteiger partial charge on any atom is 0.335 e. The molecule has 1 heterocycles. The number of cyclic esters (lactones) is 1. The van der Waals surface area contributed by atoms with Gasteiger partial charge in [-0.05, 0) is 6.08 Å². The van der Waals surface area contributed by atoms with Crippen molar-refractivity contribution in [3.05, 3.63) is 85.3 Å². The average molecular weight is 226 g/mol. The number of allylic oxidation sites excluding steroid dienone is 12. The Balaban J connectivity index is 2.70. The highest BCUT2D eigenvalue weighted by Crippen LogP contribution is 1.89. The van der Waals surface area contributed by atoms with Crippen molar-refractivity contribution in [3.63, 3.8) is 0 Å². The summed E-state index contributed by atoms with van der Waals surface area (Å²) in [7, 11) is 0. The molecule has 86 valence electrons. The lowest BCUT2D eigenvalue weighted by atomic mass is 10.3. The molecule has 0 aromatic rings. The molecule has 1 aliphatic rings. The molecular weight excluding hydrogens is 212 g/mol. The molecule has 0 saturated carbocycles. The molecule has 0 saturated heterocycles. The SMILES string of the molecule is O=C1\C=C/C=C\C=C/C=C\C=C/C=C\C=C/O1. The molecule has 0 bridgehead atoms. The van der Waals surface area contributed by atoms with E-state index in [1.807, 2.05) is 48.6 Å². The largest absolute Gasteiger partial charge is 0.431 e. The van der Waals surface area contributed by atoms with Gasteiger partial charge in [-0.1, -0.05) is 66.8 Å². The molecule has 0 unspecified atom stereocenters. The van der Waals surface area contributed by atoms with Gasteiger partial charge in [0.15, 0.2) is 0 Å². The molecule has 0 aromatic heterocycles. The van der Waals surface area contributed by atoms with Crippen molar-refractivity contribution in [1.29, 1.82) is 0 Å². The number of carbonyl (C=O) groups is 1. The lowest BCUT2D eigenvalue weighted by molar-refractivity contribution is -0.132. The van der Waals surface area contributed by atoms with Gasteiger partial charge >= 0.3 is 5.97 Å². The van der Waals surface area contributed by atoms with Crippen molar-refractivity contribution in [1.82, 2.24) is 0 Å². The van der Waals surface area contributed by atoms with Crippen LogP contribution in [-0.4, -0.2) is 5.97 Å². The van der Waals surface area contributed by atoms with Gasteiger partial charge in [0.1, 0.15) is 0 Å². The molecule has 1 aliphatic heterocycles. The topological polar surface area (TPSA) is 26.3 Å². The van der Waals surface area contributed by atoms with Gasteiger partial charge in [0.2, 0.25) is 0 Å². The van der Waals surface area contributed by atoms with E-state index >= 15 is 0 Å². The van der Waals surface area contributed by atoms with Crippen molar-refractivity contribution in [2.75, 3.05) is 0 Å². The van der Waals surface area contributed by atoms with Gasteiger partial charge < -0.3 is 4.74 Å². The second kappa shape index (κ2) is 8.92. The smallest absolute Gasteiger partial charge is 0.335 e. The highest BCUT2D eigenvalue weighted by molar-refractivity contribution is 5.82. The van der Waals surface area contributed by atoms with Crippen LogP contribution in [-0.2, 0) is 9.53 Å². The summed E-state index contributed by atoms with van der Waals surface area (Å²) in [5.41, 5.74) is 0. The Bertz CT molecular complexity index is 430. The monoisotopic (exact) mass is 226 g/mol. The molecule has 0 fully saturated rings. The Morgan fingerprint density at radius 2 is 1.00 bits per heavy atom. The van der Waals surface area contributed by atoms with Crippen LogP contribution >= 0.6 is 0 Å². The zero-order chi connectivity index (χ0) is 12.2. The Hall–Kier alpha value is -2.35. The van der Waals surface area contributed by atoms with E-state index in [-0.39, 0.29) is 0 Å². The van der Waals surface area contributed by atoms with Gasteiger partial charge in [-0.3, -0.25) is 0 Å². The van der Waals surface area contributed by atoms with Crippen LogP contribution in [0.5, 0.6) is 0 Å². The fourth-order valence-electron chi connectivity index (χ4n) is 0.967. The molecule has 2 nitrogen and oxygen atoms in total. The summed E-state index contributed by atoms with van der Waals surface area (Å²) in [6.07, 6.45) is 24.7. The minimum atomic E-state index is -0.397. The van der Waals surface area contributed by atoms with Crippen LogP contribution in [0, 0.1) is 0 Å². The molecule has 17 heavy (non-hydrogen) atoms. The first-order valence-corrected chi connectivity index (χ1v) is 5.27. The lowest BCUT2D eigenvalue weighted by Crippen LogP contribution is -1.92. The lowest BCUT2D eigenvalue weighted by Gasteiger charge is -1.89. The van der Waals surface area contributed by atoms with Gasteiger partial charge in [0, 0.05) is 6.08 Å². The standard InChI is InChI=1S/C15H14O2/c16-15-13-11-9-7-5-3-1-2-4-6-8-10-12-14-17-15/h1-14H/b2-1-,5-3-,6-4-,9-7-,10-8-,13-11-,14-12-. The molecule has 1 rings (SSSR count). The zero-order valence-electron chi connectivity index (χ0n) is 9.40. The second-order valence-electron chi connectivity index (χ2n) is 3.05. The van der Waals surface area contributed by atoms with Crippen molar-refractivity contribution in [2.24, 2.45) is 0 Å². The second-order valence-corrected chi connectivity index (χ2v) is 3.05. The minimum Gasteiger partial charge on any atom is -0.431 e. The number of ether oxygens (including phenoxy) is 1. The Kier molecular flexibility index (Phi) is 6.67. The molecule has 0 aromatic carbocycles. The number of carbonyl (C=O) groups excluding carboxylic acids is 1. The summed E-state index contributed by atoms with van der Waals surface area (Å²) >= 11 is 0. The van der Waals surface area contributed by atoms with E-state index in [9.17, 15) is 4.79 Å². The van der Waals surface area contributed by atoms with Gasteiger partial charge in [-0.15, -0.1) is 0 Å². The number of esters is 1. The third-order valence-electron chi connectivity index (χ3n) is 1.72. The van der Waals surface area contributed by atoms with Crippen molar-refractivity contribution < 1.29 is 9.53 Å². The average Bonchev–Trinajstić information content (AvgIpc) is 2.32.